The van der Waals surface area contributed by atoms with Crippen LogP contribution in [0.1, 0.15) is 36.5 Å². The number of hydrogen-bond acceptors (Lipinski definition) is 4. The molecule has 0 aromatic heterocycles. The van der Waals surface area contributed by atoms with Crippen molar-refractivity contribution < 1.29 is 27.9 Å². The molecule has 1 aromatic rings. The van der Waals surface area contributed by atoms with E-state index < -0.39 is 29.6 Å². The Kier molecular flexibility index (Phi) is 6.62. The summed E-state index contributed by atoms with van der Waals surface area (Å²) < 4.78 is 30.5. The van der Waals surface area contributed by atoms with Crippen LogP contribution in [0, 0.1) is 11.6 Å². The third-order valence-electron chi connectivity index (χ3n) is 3.08. The molecule has 0 heterocycles. The second-order valence-corrected chi connectivity index (χ2v) is 4.61. The van der Waals surface area contributed by atoms with Gasteiger partial charge in [-0.05, 0) is 24.6 Å². The summed E-state index contributed by atoms with van der Waals surface area (Å²) in [6.45, 7) is 1.69. The topological polar surface area (TPSA) is 72.5 Å². The van der Waals surface area contributed by atoms with Crippen LogP contribution in [0.15, 0.2) is 18.2 Å². The fourth-order valence-corrected chi connectivity index (χ4v) is 1.75. The van der Waals surface area contributed by atoms with Crippen LogP contribution >= 0.6 is 0 Å². The number of amides is 1. The Balaban J connectivity index is 2.79. The number of ether oxygens (including phenoxy) is 1. The fourth-order valence-electron chi connectivity index (χ4n) is 1.75. The molecule has 1 N–H and O–H groups in total. The van der Waals surface area contributed by atoms with E-state index >= 15 is 0 Å². The van der Waals surface area contributed by atoms with Gasteiger partial charge in [-0.1, -0.05) is 6.92 Å². The first-order valence-corrected chi connectivity index (χ1v) is 6.74. The maximum absolute atomic E-state index is 13.1. The van der Waals surface area contributed by atoms with E-state index in [4.69, 9.17) is 0 Å². The van der Waals surface area contributed by atoms with Gasteiger partial charge >= 0.3 is 5.97 Å². The molecule has 0 saturated heterocycles. The van der Waals surface area contributed by atoms with E-state index in [2.05, 4.69) is 10.1 Å². The van der Waals surface area contributed by atoms with Gasteiger partial charge in [-0.15, -0.1) is 0 Å². The highest BCUT2D eigenvalue weighted by molar-refractivity contribution is 5.96. The molecule has 5 nitrogen and oxygen atoms in total. The van der Waals surface area contributed by atoms with Crippen LogP contribution in [0.3, 0.4) is 0 Å². The van der Waals surface area contributed by atoms with Crippen LogP contribution in [-0.4, -0.2) is 30.8 Å². The van der Waals surface area contributed by atoms with E-state index in [1.54, 1.807) is 6.92 Å². The molecule has 0 radical (unpaired) electrons. The zero-order chi connectivity index (χ0) is 16.7. The van der Waals surface area contributed by atoms with Crippen molar-refractivity contribution in [3.05, 3.63) is 35.4 Å². The average molecular weight is 313 g/mol. The number of halogens is 2. The maximum Gasteiger partial charge on any atom is 0.328 e. The van der Waals surface area contributed by atoms with Crippen LogP contribution in [0.5, 0.6) is 0 Å². The molecule has 0 aliphatic rings. The molecular weight excluding hydrogens is 296 g/mol. The summed E-state index contributed by atoms with van der Waals surface area (Å²) >= 11 is 0. The third-order valence-corrected chi connectivity index (χ3v) is 3.08. The maximum atomic E-state index is 13.1. The van der Waals surface area contributed by atoms with Crippen molar-refractivity contribution in [1.82, 2.24) is 5.32 Å². The van der Waals surface area contributed by atoms with Gasteiger partial charge in [-0.25, -0.2) is 13.6 Å². The molecular formula is C15H17F2NO4. The van der Waals surface area contributed by atoms with Gasteiger partial charge in [-0.2, -0.15) is 0 Å². The largest absolute Gasteiger partial charge is 0.467 e. The summed E-state index contributed by atoms with van der Waals surface area (Å²) in [5.74, 6) is -3.76. The van der Waals surface area contributed by atoms with Gasteiger partial charge in [0.2, 0.25) is 0 Å². The van der Waals surface area contributed by atoms with Gasteiger partial charge < -0.3 is 10.1 Å². The number of rotatable bonds is 7. The second-order valence-electron chi connectivity index (χ2n) is 4.61. The summed E-state index contributed by atoms with van der Waals surface area (Å²) in [7, 11) is 1.15. The van der Waals surface area contributed by atoms with E-state index in [0.717, 1.165) is 25.3 Å². The van der Waals surface area contributed by atoms with Crippen molar-refractivity contribution in [2.24, 2.45) is 0 Å². The SMILES string of the molecule is CCC(=O)CC[C@@H](NC(=O)c1ccc(F)c(F)c1)C(=O)OC. The summed E-state index contributed by atoms with van der Waals surface area (Å²) in [5.41, 5.74) is -0.130. The number of hydrogen-bond donors (Lipinski definition) is 1. The van der Waals surface area contributed by atoms with Gasteiger partial charge in [-0.3, -0.25) is 9.59 Å². The first kappa shape index (κ1) is 17.7. The van der Waals surface area contributed by atoms with Crippen molar-refractivity contribution in [3.8, 4) is 0 Å². The molecule has 0 aliphatic heterocycles. The minimum atomic E-state index is -1.16. The van der Waals surface area contributed by atoms with Crippen molar-refractivity contribution in [2.75, 3.05) is 7.11 Å². The van der Waals surface area contributed by atoms with Gasteiger partial charge in [0.25, 0.3) is 5.91 Å². The molecule has 0 spiro atoms. The Morgan fingerprint density at radius 2 is 1.91 bits per heavy atom. The van der Waals surface area contributed by atoms with Crippen molar-refractivity contribution in [1.29, 1.82) is 0 Å². The van der Waals surface area contributed by atoms with Crippen LogP contribution in [0.25, 0.3) is 0 Å². The molecule has 120 valence electrons. The van der Waals surface area contributed by atoms with E-state index in [1.807, 2.05) is 0 Å². The molecule has 1 atom stereocenters. The van der Waals surface area contributed by atoms with Gasteiger partial charge in [0.05, 0.1) is 7.11 Å². The van der Waals surface area contributed by atoms with E-state index in [1.165, 1.54) is 0 Å². The van der Waals surface area contributed by atoms with Crippen molar-refractivity contribution in [2.45, 2.75) is 32.2 Å². The Morgan fingerprint density at radius 3 is 2.45 bits per heavy atom. The van der Waals surface area contributed by atoms with Crippen molar-refractivity contribution >= 4 is 17.7 Å². The summed E-state index contributed by atoms with van der Waals surface area (Å²) in [6.07, 6.45) is 0.508. The quantitative estimate of drug-likeness (QED) is 0.781. The fraction of sp³-hybridized carbons (Fsp3) is 0.400. The molecule has 0 aliphatic carbocycles. The lowest BCUT2D eigenvalue weighted by atomic mass is 10.1. The molecule has 0 unspecified atom stereocenters. The standard InChI is InChI=1S/C15H17F2NO4/c1-3-10(19)5-7-13(15(21)22-2)18-14(20)9-4-6-11(16)12(17)8-9/h4,6,8,13H,3,5,7H2,1-2H3,(H,18,20)/t13-/m1/s1. The molecule has 1 rings (SSSR count). The van der Waals surface area contributed by atoms with Crippen LogP contribution in [-0.2, 0) is 14.3 Å². The normalized spacial score (nSPS) is 11.6. The Hall–Kier alpha value is -2.31. The first-order chi connectivity index (χ1) is 10.4. The van der Waals surface area contributed by atoms with Crippen LogP contribution in [0.4, 0.5) is 8.78 Å². The molecule has 0 bridgehead atoms. The highest BCUT2D eigenvalue weighted by Crippen LogP contribution is 2.10. The predicted octanol–water partition coefficient (Wildman–Crippen LogP) is 2.00. The lowest BCUT2D eigenvalue weighted by molar-refractivity contribution is -0.143. The molecule has 0 saturated carbocycles. The number of Topliss-reactive ketones (excluding diaryl/α,β-unsaturated/α-hetero) is 1. The number of ketones is 1. The predicted molar refractivity (Wildman–Crippen MR) is 74.2 cm³/mol. The van der Waals surface area contributed by atoms with Crippen LogP contribution < -0.4 is 5.32 Å². The molecule has 1 amide bonds. The molecule has 7 heteroatoms. The number of methoxy groups -OCH3 is 1. The van der Waals surface area contributed by atoms with Gasteiger partial charge in [0, 0.05) is 18.4 Å². The summed E-state index contributed by atoms with van der Waals surface area (Å²) in [6, 6.07) is 1.62. The number of benzene rings is 1. The summed E-state index contributed by atoms with van der Waals surface area (Å²) in [5, 5.41) is 2.36. The van der Waals surface area contributed by atoms with Gasteiger partial charge in [0.15, 0.2) is 11.6 Å². The number of carbonyl (C=O) groups excluding carboxylic acids is 3. The lowest BCUT2D eigenvalue weighted by Crippen LogP contribution is -2.41. The molecule has 1 aromatic carbocycles. The second kappa shape index (κ2) is 8.21. The Labute approximate surface area is 126 Å². The number of carbonyl (C=O) groups is 3. The Bertz CT molecular complexity index is 575. The third kappa shape index (κ3) is 4.91. The highest BCUT2D eigenvalue weighted by atomic mass is 19.2. The minimum absolute atomic E-state index is 0.0593. The monoisotopic (exact) mass is 313 g/mol. The Morgan fingerprint density at radius 1 is 1.23 bits per heavy atom. The van der Waals surface area contributed by atoms with E-state index in [-0.39, 0.29) is 24.2 Å². The first-order valence-electron chi connectivity index (χ1n) is 6.74. The van der Waals surface area contributed by atoms with Crippen molar-refractivity contribution in [3.63, 3.8) is 0 Å². The zero-order valence-corrected chi connectivity index (χ0v) is 12.3. The van der Waals surface area contributed by atoms with Gasteiger partial charge in [0.1, 0.15) is 11.8 Å². The zero-order valence-electron chi connectivity index (χ0n) is 12.3. The number of esters is 1. The lowest BCUT2D eigenvalue weighted by Gasteiger charge is -2.16. The van der Waals surface area contributed by atoms with Crippen LogP contribution in [0.2, 0.25) is 0 Å². The smallest absolute Gasteiger partial charge is 0.328 e. The average Bonchev–Trinajstić information content (AvgIpc) is 2.52. The number of nitrogens with one attached hydrogen (secondary N) is 1. The van der Waals surface area contributed by atoms with E-state index in [0.29, 0.717) is 6.42 Å². The minimum Gasteiger partial charge on any atom is -0.467 e. The summed E-state index contributed by atoms with van der Waals surface area (Å²) in [4.78, 5) is 34.9. The van der Waals surface area contributed by atoms with E-state index in [9.17, 15) is 23.2 Å². The molecule has 22 heavy (non-hydrogen) atoms. The molecule has 0 fully saturated rings. The highest BCUT2D eigenvalue weighted by Gasteiger charge is 2.23.